The van der Waals surface area contributed by atoms with E-state index in [1.54, 1.807) is 6.08 Å². The summed E-state index contributed by atoms with van der Waals surface area (Å²) in [5.74, 6) is 0.889. The van der Waals surface area contributed by atoms with Crippen LogP contribution in [0, 0.1) is 0 Å². The Morgan fingerprint density at radius 2 is 1.83 bits per heavy atom. The van der Waals surface area contributed by atoms with Crippen LogP contribution in [0.5, 0.6) is 5.75 Å². The second-order valence-corrected chi connectivity index (χ2v) is 7.72. The van der Waals surface area contributed by atoms with Crippen molar-refractivity contribution >= 4 is 11.9 Å². The Bertz CT molecular complexity index is 773. The number of nitrogens with zero attached hydrogens (tertiary/aromatic N) is 1. The van der Waals surface area contributed by atoms with Crippen LogP contribution in [0.25, 0.3) is 6.08 Å². The van der Waals surface area contributed by atoms with Gasteiger partial charge < -0.3 is 20.1 Å². The lowest BCUT2D eigenvalue weighted by molar-refractivity contribution is -0.114. The molecule has 2 N–H and O–H groups in total. The topological polar surface area (TPSA) is 61.8 Å². The third-order valence-corrected chi connectivity index (χ3v) is 4.81. The van der Waals surface area contributed by atoms with Crippen molar-refractivity contribution < 1.29 is 14.6 Å². The van der Waals surface area contributed by atoms with Gasteiger partial charge in [0, 0.05) is 25.6 Å². The van der Waals surface area contributed by atoms with E-state index in [0.717, 1.165) is 29.8 Å². The van der Waals surface area contributed by atoms with Gasteiger partial charge in [0.1, 0.15) is 5.75 Å². The summed E-state index contributed by atoms with van der Waals surface area (Å²) < 4.78 is 5.72. The molecule has 5 nitrogen and oxygen atoms in total. The zero-order valence-electron chi connectivity index (χ0n) is 18.3. The average molecular weight is 411 g/mol. The highest BCUT2D eigenvalue weighted by molar-refractivity contribution is 5.93. The van der Waals surface area contributed by atoms with Gasteiger partial charge in [0.15, 0.2) is 5.78 Å². The molecule has 0 heterocycles. The Labute approximate surface area is 180 Å². The summed E-state index contributed by atoms with van der Waals surface area (Å²) in [6, 6.07) is 17.1. The minimum atomic E-state index is -0.597. The van der Waals surface area contributed by atoms with Gasteiger partial charge in [-0.1, -0.05) is 48.5 Å². The number of aliphatic hydroxyl groups excluding tert-OH is 1. The summed E-state index contributed by atoms with van der Waals surface area (Å²) in [6.07, 6.45) is 4.20. The van der Waals surface area contributed by atoms with E-state index in [9.17, 15) is 9.90 Å². The maximum absolute atomic E-state index is 12.1. The largest absolute Gasteiger partial charge is 0.494 e. The van der Waals surface area contributed by atoms with Crippen molar-refractivity contribution in [2.45, 2.75) is 31.9 Å². The lowest BCUT2D eigenvalue weighted by Crippen LogP contribution is -2.33. The van der Waals surface area contributed by atoms with Gasteiger partial charge in [0.2, 0.25) is 0 Å². The molecule has 2 aromatic carbocycles. The Hall–Kier alpha value is -2.47. The first-order valence-electron chi connectivity index (χ1n) is 10.5. The Balaban J connectivity index is 1.69. The average Bonchev–Trinajstić information content (AvgIpc) is 2.76. The highest BCUT2D eigenvalue weighted by Crippen LogP contribution is 2.16. The molecule has 0 radical (unpaired) electrons. The van der Waals surface area contributed by atoms with E-state index in [2.05, 4.69) is 10.2 Å². The molecule has 0 aromatic heterocycles. The number of hydrogen-bond acceptors (Lipinski definition) is 5. The van der Waals surface area contributed by atoms with Gasteiger partial charge in [-0.05, 0) is 56.8 Å². The molecule has 2 rings (SSSR count). The van der Waals surface area contributed by atoms with Crippen molar-refractivity contribution in [3.05, 3.63) is 71.8 Å². The van der Waals surface area contributed by atoms with Gasteiger partial charge in [0.25, 0.3) is 0 Å². The van der Waals surface area contributed by atoms with E-state index >= 15 is 0 Å². The second-order valence-electron chi connectivity index (χ2n) is 7.72. The fraction of sp³-hybridized carbons (Fsp3) is 0.400. The highest BCUT2D eigenvalue weighted by Gasteiger charge is 2.15. The highest BCUT2D eigenvalue weighted by atomic mass is 16.5. The van der Waals surface area contributed by atoms with Crippen LogP contribution in [0.4, 0.5) is 0 Å². The molecule has 162 valence electrons. The van der Waals surface area contributed by atoms with E-state index in [4.69, 9.17) is 4.74 Å². The van der Waals surface area contributed by atoms with Crippen LogP contribution in [0.1, 0.15) is 37.0 Å². The van der Waals surface area contributed by atoms with Crippen molar-refractivity contribution in [2.75, 3.05) is 33.8 Å². The van der Waals surface area contributed by atoms with Gasteiger partial charge >= 0.3 is 0 Å². The molecule has 0 spiro atoms. The standard InChI is InChI=1S/C25H34N2O3/c1-20(25(29)22-8-5-4-6-9-22)26-17-16-23(28)13-10-21-11-14-24(15-12-21)30-19-7-18-27(2)3/h4-6,8-15,20,25-26,29H,7,16-19H2,1-3H3/b13-10+. The molecule has 0 aliphatic heterocycles. The number of ether oxygens (including phenoxy) is 1. The third kappa shape index (κ3) is 8.91. The van der Waals surface area contributed by atoms with Crippen LogP contribution in [0.3, 0.4) is 0 Å². The third-order valence-electron chi connectivity index (χ3n) is 4.81. The van der Waals surface area contributed by atoms with E-state index in [1.807, 2.05) is 81.7 Å². The van der Waals surface area contributed by atoms with Gasteiger partial charge in [-0.15, -0.1) is 0 Å². The van der Waals surface area contributed by atoms with Crippen molar-refractivity contribution in [3.63, 3.8) is 0 Å². The number of aliphatic hydroxyl groups is 1. The molecule has 0 aliphatic rings. The van der Waals surface area contributed by atoms with Gasteiger partial charge in [-0.25, -0.2) is 0 Å². The van der Waals surface area contributed by atoms with E-state index in [1.165, 1.54) is 0 Å². The van der Waals surface area contributed by atoms with Gasteiger partial charge in [-0.2, -0.15) is 0 Å². The predicted octanol–water partition coefficient (Wildman–Crippen LogP) is 3.70. The van der Waals surface area contributed by atoms with Crippen molar-refractivity contribution in [2.24, 2.45) is 0 Å². The molecular formula is C25H34N2O3. The van der Waals surface area contributed by atoms with E-state index in [0.29, 0.717) is 19.6 Å². The minimum absolute atomic E-state index is 0.0490. The quantitative estimate of drug-likeness (QED) is 0.389. The second kappa shape index (κ2) is 13.0. The first-order valence-corrected chi connectivity index (χ1v) is 10.5. The van der Waals surface area contributed by atoms with Crippen LogP contribution in [-0.4, -0.2) is 55.6 Å². The molecular weight excluding hydrogens is 376 g/mol. The zero-order valence-corrected chi connectivity index (χ0v) is 18.3. The summed E-state index contributed by atoms with van der Waals surface area (Å²) in [5.41, 5.74) is 1.83. The zero-order chi connectivity index (χ0) is 21.8. The van der Waals surface area contributed by atoms with E-state index < -0.39 is 6.10 Å². The van der Waals surface area contributed by atoms with Crippen LogP contribution < -0.4 is 10.1 Å². The summed E-state index contributed by atoms with van der Waals surface area (Å²) in [5, 5.41) is 13.6. The Morgan fingerprint density at radius 3 is 2.50 bits per heavy atom. The molecule has 0 saturated heterocycles. The predicted molar refractivity (Wildman–Crippen MR) is 123 cm³/mol. The minimum Gasteiger partial charge on any atom is -0.494 e. The maximum Gasteiger partial charge on any atom is 0.156 e. The fourth-order valence-electron chi connectivity index (χ4n) is 2.99. The van der Waals surface area contributed by atoms with E-state index in [-0.39, 0.29) is 11.8 Å². The first-order chi connectivity index (χ1) is 14.5. The molecule has 2 atom stereocenters. The van der Waals surface area contributed by atoms with Crippen LogP contribution in [-0.2, 0) is 4.79 Å². The Morgan fingerprint density at radius 1 is 1.13 bits per heavy atom. The molecule has 0 aliphatic carbocycles. The molecule has 2 unspecified atom stereocenters. The van der Waals surface area contributed by atoms with Crippen LogP contribution in [0.15, 0.2) is 60.7 Å². The number of nitrogens with one attached hydrogen (secondary N) is 1. The summed E-state index contributed by atoms with van der Waals surface area (Å²) in [7, 11) is 4.10. The number of hydrogen-bond donors (Lipinski definition) is 2. The summed E-state index contributed by atoms with van der Waals surface area (Å²) >= 11 is 0. The monoisotopic (exact) mass is 410 g/mol. The van der Waals surface area contributed by atoms with Crippen molar-refractivity contribution in [1.82, 2.24) is 10.2 Å². The summed E-state index contributed by atoms with van der Waals surface area (Å²) in [6.45, 7) is 4.13. The fourth-order valence-corrected chi connectivity index (χ4v) is 2.99. The Kier molecular flexibility index (Phi) is 10.3. The SMILES string of the molecule is CC(NCCC(=O)/C=C/c1ccc(OCCCN(C)C)cc1)C(O)c1ccccc1. The van der Waals surface area contributed by atoms with Crippen LogP contribution in [0.2, 0.25) is 0 Å². The lowest BCUT2D eigenvalue weighted by Gasteiger charge is -2.20. The maximum atomic E-state index is 12.1. The van der Waals surface area contributed by atoms with Crippen molar-refractivity contribution in [3.8, 4) is 5.75 Å². The smallest absolute Gasteiger partial charge is 0.156 e. The number of carbonyl (C=O) groups excluding carboxylic acids is 1. The van der Waals surface area contributed by atoms with Gasteiger partial charge in [-0.3, -0.25) is 4.79 Å². The number of carbonyl (C=O) groups is 1. The molecule has 0 amide bonds. The molecule has 0 bridgehead atoms. The lowest BCUT2D eigenvalue weighted by atomic mass is 10.0. The molecule has 0 saturated carbocycles. The summed E-state index contributed by atoms with van der Waals surface area (Å²) in [4.78, 5) is 14.3. The number of benzene rings is 2. The first kappa shape index (κ1) is 23.8. The molecule has 2 aromatic rings. The van der Waals surface area contributed by atoms with Crippen LogP contribution >= 0.6 is 0 Å². The normalized spacial score (nSPS) is 13.5. The molecule has 30 heavy (non-hydrogen) atoms. The molecule has 0 fully saturated rings. The van der Waals surface area contributed by atoms with Gasteiger partial charge in [0.05, 0.1) is 12.7 Å². The number of ketones is 1. The number of allylic oxidation sites excluding steroid dienone is 1. The van der Waals surface area contributed by atoms with Crippen molar-refractivity contribution in [1.29, 1.82) is 0 Å². The number of rotatable bonds is 13. The molecule has 5 heteroatoms.